The van der Waals surface area contributed by atoms with Gasteiger partial charge >= 0.3 is 0 Å². The van der Waals surface area contributed by atoms with Gasteiger partial charge in [0.25, 0.3) is 0 Å². The van der Waals surface area contributed by atoms with Crippen LogP contribution in [0, 0.1) is 0 Å². The average molecular weight is 703 g/mol. The zero-order valence-electron chi connectivity index (χ0n) is 29.9. The largest absolute Gasteiger partial charge is 0.456 e. The smallest absolute Gasteiger partial charge is 0.137 e. The molecule has 0 aliphatic rings. The quantitative estimate of drug-likeness (QED) is 0.172. The van der Waals surface area contributed by atoms with Gasteiger partial charge in [-0.3, -0.25) is 0 Å². The molecule has 3 nitrogen and oxygen atoms in total. The third-order valence-electron chi connectivity index (χ3n) is 11.0. The van der Waals surface area contributed by atoms with Crippen molar-refractivity contribution in [2.75, 3.05) is 4.90 Å². The summed E-state index contributed by atoms with van der Waals surface area (Å²) in [5, 5.41) is 7.21. The Morgan fingerprint density at radius 1 is 0.382 bits per heavy atom. The summed E-state index contributed by atoms with van der Waals surface area (Å²) in [6.45, 7) is 0. The number of hydrogen-bond donors (Lipinski definition) is 0. The van der Waals surface area contributed by atoms with Crippen molar-refractivity contribution in [2.45, 2.75) is 0 Å². The number of anilines is 3. The molecule has 0 aliphatic heterocycles. The molecule has 55 heavy (non-hydrogen) atoms. The van der Waals surface area contributed by atoms with Crippen LogP contribution in [0.15, 0.2) is 211 Å². The van der Waals surface area contributed by atoms with Crippen LogP contribution >= 0.6 is 0 Å². The Labute approximate surface area is 318 Å². The Bertz CT molecular complexity index is 3190. The Morgan fingerprint density at radius 3 is 1.85 bits per heavy atom. The maximum Gasteiger partial charge on any atom is 0.137 e. The first kappa shape index (κ1) is 31.2. The fourth-order valence-corrected chi connectivity index (χ4v) is 8.45. The lowest BCUT2D eigenvalue weighted by atomic mass is 9.97. The molecule has 11 aromatic rings. The van der Waals surface area contributed by atoms with Crippen molar-refractivity contribution in [3.8, 4) is 27.9 Å². The fraction of sp³-hybridized carbons (Fsp3) is 0. The highest BCUT2D eigenvalue weighted by Crippen LogP contribution is 2.44. The molecule has 2 heterocycles. The molecule has 0 unspecified atom stereocenters. The summed E-state index contributed by atoms with van der Waals surface area (Å²) in [6, 6.07) is 73.9. The average Bonchev–Trinajstić information content (AvgIpc) is 3.79. The predicted octanol–water partition coefficient (Wildman–Crippen LogP) is 14.6. The molecule has 0 fully saturated rings. The van der Waals surface area contributed by atoms with E-state index >= 15 is 0 Å². The Morgan fingerprint density at radius 2 is 1.02 bits per heavy atom. The van der Waals surface area contributed by atoms with Crippen LogP contribution in [0.3, 0.4) is 0 Å². The second-order valence-electron chi connectivity index (χ2n) is 14.1. The van der Waals surface area contributed by atoms with Crippen LogP contribution in [0.5, 0.6) is 0 Å². The maximum atomic E-state index is 6.41. The normalized spacial score (nSPS) is 11.6. The number of nitrogens with zero attached hydrogens (tertiary/aromatic N) is 2. The van der Waals surface area contributed by atoms with E-state index in [2.05, 4.69) is 204 Å². The van der Waals surface area contributed by atoms with Crippen LogP contribution in [0.2, 0.25) is 0 Å². The molecule has 3 heteroatoms. The summed E-state index contributed by atoms with van der Waals surface area (Å²) in [7, 11) is 0. The van der Waals surface area contributed by atoms with Crippen molar-refractivity contribution in [1.29, 1.82) is 0 Å². The van der Waals surface area contributed by atoms with Gasteiger partial charge in [0.1, 0.15) is 11.2 Å². The second-order valence-corrected chi connectivity index (χ2v) is 14.1. The molecule has 2 aromatic heterocycles. The van der Waals surface area contributed by atoms with Crippen molar-refractivity contribution >= 4 is 71.6 Å². The molecular formula is C52H34N2O. The summed E-state index contributed by atoms with van der Waals surface area (Å²) in [5.74, 6) is 0. The lowest BCUT2D eigenvalue weighted by molar-refractivity contribution is 0.669. The molecule has 258 valence electrons. The molecule has 9 aromatic carbocycles. The third kappa shape index (κ3) is 5.13. The molecule has 0 radical (unpaired) electrons. The van der Waals surface area contributed by atoms with Gasteiger partial charge in [-0.15, -0.1) is 0 Å². The molecule has 0 saturated heterocycles. The van der Waals surface area contributed by atoms with Crippen molar-refractivity contribution in [1.82, 2.24) is 4.57 Å². The van der Waals surface area contributed by atoms with E-state index < -0.39 is 0 Å². The number of fused-ring (bicyclic) bond motifs is 7. The van der Waals surface area contributed by atoms with Crippen LogP contribution in [-0.4, -0.2) is 4.57 Å². The van der Waals surface area contributed by atoms with E-state index in [4.69, 9.17) is 4.42 Å². The predicted molar refractivity (Wildman–Crippen MR) is 231 cm³/mol. The highest BCUT2D eigenvalue weighted by Gasteiger charge is 2.21. The van der Waals surface area contributed by atoms with E-state index in [0.717, 1.165) is 50.3 Å². The zero-order valence-corrected chi connectivity index (χ0v) is 29.9. The van der Waals surface area contributed by atoms with Crippen LogP contribution in [-0.2, 0) is 0 Å². The SMILES string of the molecule is c1ccc(-c2ccccc2N(c2ccc(-c3cccc4c3c3cc5ccccc5cc3n4-c3ccccc3)cc2)c2ccc3c(c2)oc2ccccc23)cc1. The topological polar surface area (TPSA) is 21.3 Å². The van der Waals surface area contributed by atoms with Crippen LogP contribution in [0.4, 0.5) is 17.1 Å². The van der Waals surface area contributed by atoms with E-state index in [1.165, 1.54) is 49.3 Å². The number of para-hydroxylation sites is 3. The lowest BCUT2D eigenvalue weighted by Gasteiger charge is -2.28. The van der Waals surface area contributed by atoms with Gasteiger partial charge in [0.2, 0.25) is 0 Å². The number of aromatic nitrogens is 1. The number of benzene rings is 9. The Hall–Kier alpha value is -7.36. The fourth-order valence-electron chi connectivity index (χ4n) is 8.45. The van der Waals surface area contributed by atoms with Crippen LogP contribution < -0.4 is 4.90 Å². The number of rotatable bonds is 6. The van der Waals surface area contributed by atoms with Gasteiger partial charge in [-0.05, 0) is 94.2 Å². The van der Waals surface area contributed by atoms with Crippen LogP contribution in [0.25, 0.3) is 82.5 Å². The van der Waals surface area contributed by atoms with Gasteiger partial charge in [0, 0.05) is 50.2 Å². The monoisotopic (exact) mass is 702 g/mol. The van der Waals surface area contributed by atoms with E-state index in [9.17, 15) is 0 Å². The Kier molecular flexibility index (Phi) is 7.17. The Balaban J connectivity index is 1.10. The number of hydrogen-bond acceptors (Lipinski definition) is 2. The third-order valence-corrected chi connectivity index (χ3v) is 11.0. The molecule has 0 atom stereocenters. The van der Waals surface area contributed by atoms with Gasteiger partial charge in [-0.25, -0.2) is 0 Å². The number of furan rings is 1. The molecule has 0 amide bonds. The highest BCUT2D eigenvalue weighted by molar-refractivity contribution is 6.18. The minimum Gasteiger partial charge on any atom is -0.456 e. The summed E-state index contributed by atoms with van der Waals surface area (Å²) in [6.07, 6.45) is 0. The van der Waals surface area contributed by atoms with E-state index in [-0.39, 0.29) is 0 Å². The lowest BCUT2D eigenvalue weighted by Crippen LogP contribution is -2.11. The van der Waals surface area contributed by atoms with Crippen molar-refractivity contribution in [3.05, 3.63) is 206 Å². The van der Waals surface area contributed by atoms with Gasteiger partial charge in [-0.2, -0.15) is 0 Å². The van der Waals surface area contributed by atoms with Crippen molar-refractivity contribution in [2.24, 2.45) is 0 Å². The first-order valence-electron chi connectivity index (χ1n) is 18.8. The molecule has 11 rings (SSSR count). The van der Waals surface area contributed by atoms with E-state index in [1.807, 2.05) is 12.1 Å². The van der Waals surface area contributed by atoms with E-state index in [1.54, 1.807) is 0 Å². The molecule has 0 spiro atoms. The minimum absolute atomic E-state index is 0.867. The molecule has 0 aliphatic carbocycles. The summed E-state index contributed by atoms with van der Waals surface area (Å²) >= 11 is 0. The summed E-state index contributed by atoms with van der Waals surface area (Å²) in [5.41, 5.74) is 13.2. The van der Waals surface area contributed by atoms with Crippen molar-refractivity contribution < 1.29 is 4.42 Å². The van der Waals surface area contributed by atoms with Crippen LogP contribution in [0.1, 0.15) is 0 Å². The standard InChI is InChI=1S/C52H34N2O/c1-3-14-35(15-4-1)42-20-9-11-23-47(42)53(41-30-31-45-44-21-10-12-25-50(44)55-51(45)34-41)40-28-26-36(27-29-40)43-22-13-24-48-52(43)46-32-37-16-7-8-17-38(37)33-49(46)54(48)39-18-5-2-6-19-39/h1-34H. The van der Waals surface area contributed by atoms with Crippen molar-refractivity contribution in [3.63, 3.8) is 0 Å². The molecule has 0 N–H and O–H groups in total. The molecular weight excluding hydrogens is 669 g/mol. The summed E-state index contributed by atoms with van der Waals surface area (Å²) in [4.78, 5) is 2.35. The minimum atomic E-state index is 0.867. The van der Waals surface area contributed by atoms with Gasteiger partial charge in [0.15, 0.2) is 0 Å². The highest BCUT2D eigenvalue weighted by atomic mass is 16.3. The first-order valence-corrected chi connectivity index (χ1v) is 18.8. The van der Waals surface area contributed by atoms with Gasteiger partial charge in [0.05, 0.1) is 16.7 Å². The van der Waals surface area contributed by atoms with Gasteiger partial charge < -0.3 is 13.9 Å². The summed E-state index contributed by atoms with van der Waals surface area (Å²) < 4.78 is 8.82. The second kappa shape index (κ2) is 12.6. The maximum absolute atomic E-state index is 6.41. The molecule has 0 bridgehead atoms. The zero-order chi connectivity index (χ0) is 36.3. The van der Waals surface area contributed by atoms with Gasteiger partial charge in [-0.1, -0.05) is 133 Å². The molecule has 0 saturated carbocycles. The first-order chi connectivity index (χ1) is 27.3. The van der Waals surface area contributed by atoms with E-state index in [0.29, 0.717) is 0 Å².